The van der Waals surface area contributed by atoms with E-state index >= 15 is 0 Å². The van der Waals surface area contributed by atoms with E-state index in [4.69, 9.17) is 5.11 Å². The highest BCUT2D eigenvalue weighted by atomic mass is 16.3. The minimum Gasteiger partial charge on any atom is -0.391 e. The van der Waals surface area contributed by atoms with E-state index < -0.39 is 0 Å². The van der Waals surface area contributed by atoms with E-state index in [2.05, 4.69) is 15.3 Å². The van der Waals surface area contributed by atoms with Crippen LogP contribution in [0.25, 0.3) is 0 Å². The third kappa shape index (κ3) is 1.88. The summed E-state index contributed by atoms with van der Waals surface area (Å²) in [6.07, 6.45) is 3.06. The predicted molar refractivity (Wildman–Crippen MR) is 42.1 cm³/mol. The Morgan fingerprint density at radius 1 is 1.64 bits per heavy atom. The molecule has 0 amide bonds. The van der Waals surface area contributed by atoms with Gasteiger partial charge in [0.2, 0.25) is 0 Å². The molecule has 4 nitrogen and oxygen atoms in total. The predicted octanol–water partition coefficient (Wildman–Crippen LogP) is 0.401. The number of nitrogens with zero attached hydrogens (tertiary/aromatic N) is 2. The van der Waals surface area contributed by atoms with Crippen molar-refractivity contribution in [2.24, 2.45) is 0 Å². The van der Waals surface area contributed by atoms with Gasteiger partial charge in [-0.05, 0) is 6.92 Å². The molecule has 60 valence electrons. The number of rotatable bonds is 3. The summed E-state index contributed by atoms with van der Waals surface area (Å²) in [5, 5.41) is 11.8. The van der Waals surface area contributed by atoms with Gasteiger partial charge in [-0.15, -0.1) is 0 Å². The number of hydrogen-bond donors (Lipinski definition) is 2. The molecule has 11 heavy (non-hydrogen) atoms. The molecule has 0 saturated heterocycles. The maximum Gasteiger partial charge on any atom is 0.134 e. The molecular formula is C7H11N3O. The van der Waals surface area contributed by atoms with Crippen LogP contribution in [0.3, 0.4) is 0 Å². The second-order valence-electron chi connectivity index (χ2n) is 2.09. The van der Waals surface area contributed by atoms with Crippen molar-refractivity contribution >= 4 is 5.82 Å². The molecule has 1 aromatic heterocycles. The smallest absolute Gasteiger partial charge is 0.134 e. The van der Waals surface area contributed by atoms with Gasteiger partial charge in [0.05, 0.1) is 6.61 Å². The molecule has 0 atom stereocenters. The van der Waals surface area contributed by atoms with Gasteiger partial charge in [-0.1, -0.05) is 0 Å². The Morgan fingerprint density at radius 3 is 3.09 bits per heavy atom. The van der Waals surface area contributed by atoms with Gasteiger partial charge in [-0.3, -0.25) is 0 Å². The molecule has 1 aromatic rings. The lowest BCUT2D eigenvalue weighted by Gasteiger charge is -2.04. The summed E-state index contributed by atoms with van der Waals surface area (Å²) in [4.78, 5) is 7.74. The molecule has 0 aliphatic heterocycles. The fourth-order valence-electron chi connectivity index (χ4n) is 0.801. The first-order chi connectivity index (χ1) is 5.38. The van der Waals surface area contributed by atoms with Crippen molar-refractivity contribution in [2.75, 3.05) is 11.9 Å². The number of nitrogens with one attached hydrogen (secondary N) is 1. The van der Waals surface area contributed by atoms with Crippen LogP contribution in [0.5, 0.6) is 0 Å². The van der Waals surface area contributed by atoms with E-state index in [0.29, 0.717) is 5.82 Å². The van der Waals surface area contributed by atoms with Crippen LogP contribution in [0.15, 0.2) is 12.5 Å². The third-order valence-electron chi connectivity index (χ3n) is 1.30. The van der Waals surface area contributed by atoms with Crippen LogP contribution in [-0.2, 0) is 6.61 Å². The molecule has 1 heterocycles. The van der Waals surface area contributed by atoms with Gasteiger partial charge in [-0.2, -0.15) is 0 Å². The Balaban J connectivity index is 2.83. The quantitative estimate of drug-likeness (QED) is 0.660. The molecule has 0 bridgehead atoms. The summed E-state index contributed by atoms with van der Waals surface area (Å²) in [6.45, 7) is 2.75. The van der Waals surface area contributed by atoms with Gasteiger partial charge in [0.25, 0.3) is 0 Å². The van der Waals surface area contributed by atoms with Crippen molar-refractivity contribution in [2.45, 2.75) is 13.5 Å². The molecule has 0 fully saturated rings. The lowest BCUT2D eigenvalue weighted by Crippen LogP contribution is -2.03. The number of aliphatic hydroxyl groups is 1. The summed E-state index contributed by atoms with van der Waals surface area (Å²) < 4.78 is 0. The average Bonchev–Trinajstić information content (AvgIpc) is 2.06. The zero-order chi connectivity index (χ0) is 8.10. The van der Waals surface area contributed by atoms with Crippen LogP contribution in [-0.4, -0.2) is 21.6 Å². The van der Waals surface area contributed by atoms with Gasteiger partial charge in [-0.25, -0.2) is 9.97 Å². The number of aromatic nitrogens is 2. The highest BCUT2D eigenvalue weighted by Gasteiger charge is 1.98. The van der Waals surface area contributed by atoms with Crippen LogP contribution >= 0.6 is 0 Å². The molecule has 0 aliphatic carbocycles. The minimum atomic E-state index is -0.0246. The Labute approximate surface area is 65.3 Å². The standard InChI is InChI=1S/C7H11N3O/c1-2-9-7-6(4-11)3-8-5-10-7/h3,5,11H,2,4H2,1H3,(H,8,9,10). The van der Waals surface area contributed by atoms with Crippen molar-refractivity contribution in [1.82, 2.24) is 9.97 Å². The lowest BCUT2D eigenvalue weighted by molar-refractivity contribution is 0.281. The second kappa shape index (κ2) is 3.88. The average molecular weight is 153 g/mol. The summed E-state index contributed by atoms with van der Waals surface area (Å²) in [7, 11) is 0. The first-order valence-electron chi connectivity index (χ1n) is 3.52. The highest BCUT2D eigenvalue weighted by Crippen LogP contribution is 2.08. The molecule has 0 radical (unpaired) electrons. The molecule has 4 heteroatoms. The Kier molecular flexibility index (Phi) is 2.80. The summed E-state index contributed by atoms with van der Waals surface area (Å²) in [5.74, 6) is 0.713. The molecule has 0 unspecified atom stereocenters. The lowest BCUT2D eigenvalue weighted by atomic mass is 10.3. The Hall–Kier alpha value is -1.16. The van der Waals surface area contributed by atoms with Crippen LogP contribution in [0.4, 0.5) is 5.82 Å². The van der Waals surface area contributed by atoms with E-state index in [1.54, 1.807) is 6.20 Å². The number of aliphatic hydroxyl groups excluding tert-OH is 1. The number of hydrogen-bond acceptors (Lipinski definition) is 4. The summed E-state index contributed by atoms with van der Waals surface area (Å²) in [6, 6.07) is 0. The molecule has 0 aromatic carbocycles. The van der Waals surface area contributed by atoms with E-state index in [0.717, 1.165) is 12.1 Å². The van der Waals surface area contributed by atoms with Crippen molar-refractivity contribution in [3.63, 3.8) is 0 Å². The fourth-order valence-corrected chi connectivity index (χ4v) is 0.801. The van der Waals surface area contributed by atoms with Gasteiger partial charge in [0.15, 0.2) is 0 Å². The Morgan fingerprint density at radius 2 is 2.45 bits per heavy atom. The van der Waals surface area contributed by atoms with E-state index in [9.17, 15) is 0 Å². The highest BCUT2D eigenvalue weighted by molar-refractivity contribution is 5.41. The van der Waals surface area contributed by atoms with Crippen LogP contribution < -0.4 is 5.32 Å². The van der Waals surface area contributed by atoms with Crippen molar-refractivity contribution in [3.8, 4) is 0 Å². The maximum absolute atomic E-state index is 8.83. The fraction of sp³-hybridized carbons (Fsp3) is 0.429. The maximum atomic E-state index is 8.83. The van der Waals surface area contributed by atoms with Crippen LogP contribution in [0.1, 0.15) is 12.5 Å². The van der Waals surface area contributed by atoms with Crippen molar-refractivity contribution in [3.05, 3.63) is 18.1 Å². The second-order valence-corrected chi connectivity index (χ2v) is 2.09. The molecule has 1 rings (SSSR count). The van der Waals surface area contributed by atoms with E-state index in [-0.39, 0.29) is 6.61 Å². The van der Waals surface area contributed by atoms with Crippen molar-refractivity contribution < 1.29 is 5.11 Å². The largest absolute Gasteiger partial charge is 0.391 e. The van der Waals surface area contributed by atoms with Crippen LogP contribution in [0, 0.1) is 0 Å². The van der Waals surface area contributed by atoms with Gasteiger partial charge in [0, 0.05) is 18.3 Å². The summed E-state index contributed by atoms with van der Waals surface area (Å²) in [5.41, 5.74) is 0.731. The SMILES string of the molecule is CCNc1ncncc1CO. The monoisotopic (exact) mass is 153 g/mol. The van der Waals surface area contributed by atoms with Gasteiger partial charge < -0.3 is 10.4 Å². The number of anilines is 1. The first kappa shape index (κ1) is 7.94. The molecule has 0 spiro atoms. The molecular weight excluding hydrogens is 142 g/mol. The van der Waals surface area contributed by atoms with E-state index in [1.165, 1.54) is 6.33 Å². The molecule has 2 N–H and O–H groups in total. The third-order valence-corrected chi connectivity index (χ3v) is 1.30. The first-order valence-corrected chi connectivity index (χ1v) is 3.52. The minimum absolute atomic E-state index is 0.0246. The van der Waals surface area contributed by atoms with Crippen LogP contribution in [0.2, 0.25) is 0 Å². The van der Waals surface area contributed by atoms with Crippen molar-refractivity contribution in [1.29, 1.82) is 0 Å². The zero-order valence-electron chi connectivity index (χ0n) is 6.41. The molecule has 0 saturated carbocycles. The van der Waals surface area contributed by atoms with Gasteiger partial charge >= 0.3 is 0 Å². The zero-order valence-corrected chi connectivity index (χ0v) is 6.41. The topological polar surface area (TPSA) is 58.0 Å². The molecule has 0 aliphatic rings. The Bertz CT molecular complexity index is 227. The van der Waals surface area contributed by atoms with Gasteiger partial charge in [0.1, 0.15) is 12.1 Å². The normalized spacial score (nSPS) is 9.64. The van der Waals surface area contributed by atoms with E-state index in [1.807, 2.05) is 6.92 Å². The summed E-state index contributed by atoms with van der Waals surface area (Å²) >= 11 is 0.